The highest BCUT2D eigenvalue weighted by molar-refractivity contribution is 5.96. The molecule has 0 saturated carbocycles. The fraction of sp³-hybridized carbons (Fsp3) is 0.333. The number of H-pyrrole nitrogens is 1. The number of nitrogens with two attached hydrogens (primary N) is 4. The lowest BCUT2D eigenvalue weighted by atomic mass is 10.0. The van der Waals surface area contributed by atoms with E-state index in [4.69, 9.17) is 22.9 Å². The van der Waals surface area contributed by atoms with Gasteiger partial charge in [0.15, 0.2) is 5.96 Å². The van der Waals surface area contributed by atoms with Crippen molar-refractivity contribution >= 4 is 46.4 Å². The largest absolute Gasteiger partial charge is 0.370 e. The van der Waals surface area contributed by atoms with Crippen molar-refractivity contribution in [2.45, 2.75) is 49.9 Å². The van der Waals surface area contributed by atoms with Gasteiger partial charge in [-0.2, -0.15) is 0 Å². The van der Waals surface area contributed by atoms with Crippen molar-refractivity contribution in [3.05, 3.63) is 83.6 Å². The number of nitrogens with zero attached hydrogens (tertiary/aromatic N) is 2. The number of hydrogen-bond donors (Lipinski definition) is 8. The SMILES string of the molecule is NC(=O)[C@H](Cc1c[nH]c2ccc(F)cc12)NC(=O)CNC(=O)[C@H](CCCN=C(N)N)NC(=O)[C@@H]1C=CCN1C(=O)[C@@H](N)Cc1ccc(F)cc1. The molecule has 17 heteroatoms. The summed E-state index contributed by atoms with van der Waals surface area (Å²) in [5, 5.41) is 8.07. The summed E-state index contributed by atoms with van der Waals surface area (Å²) in [7, 11) is 0. The number of carbonyl (C=O) groups excluding carboxylic acids is 5. The number of rotatable bonds is 16. The van der Waals surface area contributed by atoms with Crippen molar-refractivity contribution in [3.8, 4) is 0 Å². The molecule has 0 bridgehead atoms. The zero-order chi connectivity index (χ0) is 36.4. The number of hydrogen-bond acceptors (Lipinski definition) is 7. The molecule has 3 aromatic rings. The first-order valence-electron chi connectivity index (χ1n) is 15.8. The number of halogens is 2. The standard InChI is InChI=1S/C33H40F2N10O5/c34-20-7-5-18(6-8-20)13-23(36)32(50)45-12-2-4-27(45)31(49)44-25(3-1-11-40-33(38)39)30(48)42-17-28(46)43-26(29(37)47)14-19-16-41-24-10-9-21(35)15-22(19)24/h2,4-10,15-16,23,25-27,41H,1,3,11-14,17,36H2,(H2,37,47)(H,42,48)(H,43,46)(H,44,49)(H4,38,39,40)/t23-,25-,26-,27-/m0/s1. The minimum absolute atomic E-state index is 0.0420. The number of carbonyl (C=O) groups is 5. The Morgan fingerprint density at radius 3 is 2.38 bits per heavy atom. The molecular formula is C33H40F2N10O5. The zero-order valence-corrected chi connectivity index (χ0v) is 27.0. The minimum Gasteiger partial charge on any atom is -0.370 e. The zero-order valence-electron chi connectivity index (χ0n) is 27.0. The monoisotopic (exact) mass is 694 g/mol. The first-order chi connectivity index (χ1) is 23.8. The third kappa shape index (κ3) is 10.1. The van der Waals surface area contributed by atoms with E-state index < -0.39 is 71.9 Å². The molecule has 2 heterocycles. The number of fused-ring (bicyclic) bond motifs is 1. The van der Waals surface area contributed by atoms with Gasteiger partial charge in [0, 0.05) is 36.6 Å². The number of benzene rings is 2. The Morgan fingerprint density at radius 1 is 0.960 bits per heavy atom. The minimum atomic E-state index is -1.18. The van der Waals surface area contributed by atoms with Crippen LogP contribution in [0.3, 0.4) is 0 Å². The maximum Gasteiger partial charge on any atom is 0.247 e. The van der Waals surface area contributed by atoms with Gasteiger partial charge in [0.05, 0.1) is 12.6 Å². The molecule has 2 aromatic carbocycles. The summed E-state index contributed by atoms with van der Waals surface area (Å²) in [5.74, 6) is -4.57. The first-order valence-corrected chi connectivity index (χ1v) is 15.8. The molecular weight excluding hydrogens is 654 g/mol. The van der Waals surface area contributed by atoms with Crippen LogP contribution in [0, 0.1) is 11.6 Å². The van der Waals surface area contributed by atoms with Crippen molar-refractivity contribution in [1.82, 2.24) is 25.8 Å². The van der Waals surface area contributed by atoms with E-state index in [1.54, 1.807) is 12.3 Å². The Bertz CT molecular complexity index is 1770. The van der Waals surface area contributed by atoms with Crippen LogP contribution in [0.5, 0.6) is 0 Å². The summed E-state index contributed by atoms with van der Waals surface area (Å²) < 4.78 is 27.1. The number of aromatic nitrogens is 1. The van der Waals surface area contributed by atoms with Crippen molar-refractivity contribution < 1.29 is 32.8 Å². The van der Waals surface area contributed by atoms with Gasteiger partial charge in [-0.05, 0) is 60.7 Å². The van der Waals surface area contributed by atoms with Crippen LogP contribution in [0.15, 0.2) is 65.8 Å². The fourth-order valence-corrected chi connectivity index (χ4v) is 5.48. The van der Waals surface area contributed by atoms with E-state index in [1.807, 2.05) is 0 Å². The summed E-state index contributed by atoms with van der Waals surface area (Å²) in [6.07, 6.45) is 5.10. The number of primary amides is 1. The normalized spacial score (nSPS) is 15.6. The van der Waals surface area contributed by atoms with E-state index in [9.17, 15) is 32.8 Å². The van der Waals surface area contributed by atoms with Gasteiger partial charge in [0.25, 0.3) is 0 Å². The highest BCUT2D eigenvalue weighted by Crippen LogP contribution is 2.21. The molecule has 0 saturated heterocycles. The molecule has 1 aliphatic heterocycles. The smallest absolute Gasteiger partial charge is 0.247 e. The Balaban J connectivity index is 1.37. The van der Waals surface area contributed by atoms with Crippen molar-refractivity contribution in [2.24, 2.45) is 27.9 Å². The Morgan fingerprint density at radius 2 is 1.68 bits per heavy atom. The van der Waals surface area contributed by atoms with Crippen LogP contribution in [0.25, 0.3) is 10.9 Å². The molecule has 0 aliphatic carbocycles. The summed E-state index contributed by atoms with van der Waals surface area (Å²) in [6, 6.07) is 5.21. The van der Waals surface area contributed by atoms with Gasteiger partial charge in [0.2, 0.25) is 29.5 Å². The van der Waals surface area contributed by atoms with Gasteiger partial charge in [0.1, 0.15) is 29.8 Å². The Hall–Kier alpha value is -5.84. The summed E-state index contributed by atoms with van der Waals surface area (Å²) >= 11 is 0. The third-order valence-corrected chi connectivity index (χ3v) is 8.03. The van der Waals surface area contributed by atoms with Crippen LogP contribution >= 0.6 is 0 Å². The quantitative estimate of drug-likeness (QED) is 0.0396. The molecule has 1 aliphatic rings. The molecule has 266 valence electrons. The van der Waals surface area contributed by atoms with E-state index in [0.29, 0.717) is 22.0 Å². The average molecular weight is 695 g/mol. The molecule has 4 atom stereocenters. The Kier molecular flexibility index (Phi) is 12.6. The topological polar surface area (TPSA) is 257 Å². The molecule has 0 radical (unpaired) electrons. The van der Waals surface area contributed by atoms with Gasteiger partial charge in [-0.1, -0.05) is 24.3 Å². The lowest BCUT2D eigenvalue weighted by Gasteiger charge is -2.28. The molecule has 1 aromatic heterocycles. The van der Waals surface area contributed by atoms with Gasteiger partial charge in [-0.25, -0.2) is 8.78 Å². The average Bonchev–Trinajstić information content (AvgIpc) is 3.72. The second kappa shape index (κ2) is 17.0. The molecule has 0 spiro atoms. The predicted molar refractivity (Wildman–Crippen MR) is 181 cm³/mol. The van der Waals surface area contributed by atoms with Gasteiger partial charge in [-0.15, -0.1) is 0 Å². The third-order valence-electron chi connectivity index (χ3n) is 8.03. The molecule has 4 rings (SSSR count). The van der Waals surface area contributed by atoms with Crippen molar-refractivity contribution in [2.75, 3.05) is 19.6 Å². The second-order valence-electron chi connectivity index (χ2n) is 11.8. The lowest BCUT2D eigenvalue weighted by molar-refractivity contribution is -0.139. The van der Waals surface area contributed by atoms with Gasteiger partial charge >= 0.3 is 0 Å². The van der Waals surface area contributed by atoms with Crippen molar-refractivity contribution in [3.63, 3.8) is 0 Å². The summed E-state index contributed by atoms with van der Waals surface area (Å²) in [5.41, 5.74) is 24.2. The molecule has 0 unspecified atom stereocenters. The Labute approximate surface area is 285 Å². The fourth-order valence-electron chi connectivity index (χ4n) is 5.48. The number of amides is 5. The first kappa shape index (κ1) is 37.0. The maximum atomic E-state index is 13.8. The summed E-state index contributed by atoms with van der Waals surface area (Å²) in [6.45, 7) is -0.325. The maximum absolute atomic E-state index is 13.8. The molecule has 50 heavy (non-hydrogen) atoms. The van der Waals surface area contributed by atoms with E-state index in [-0.39, 0.29) is 44.7 Å². The predicted octanol–water partition coefficient (Wildman–Crippen LogP) is -1.05. The van der Waals surface area contributed by atoms with Crippen LogP contribution in [-0.2, 0) is 36.8 Å². The molecule has 5 amide bonds. The lowest BCUT2D eigenvalue weighted by Crippen LogP contribution is -2.56. The molecule has 0 fully saturated rings. The summed E-state index contributed by atoms with van der Waals surface area (Å²) in [4.78, 5) is 73.0. The second-order valence-corrected chi connectivity index (χ2v) is 11.8. The van der Waals surface area contributed by atoms with E-state index >= 15 is 0 Å². The van der Waals surface area contributed by atoms with Crippen LogP contribution in [0.1, 0.15) is 24.0 Å². The van der Waals surface area contributed by atoms with E-state index in [1.165, 1.54) is 53.4 Å². The number of aliphatic imine (C=N–C) groups is 1. The van der Waals surface area contributed by atoms with Gasteiger partial charge < -0.3 is 48.8 Å². The molecule has 15 nitrogen and oxygen atoms in total. The molecule has 12 N–H and O–H groups in total. The van der Waals surface area contributed by atoms with Crippen LogP contribution in [0.4, 0.5) is 8.78 Å². The van der Waals surface area contributed by atoms with Crippen molar-refractivity contribution in [1.29, 1.82) is 0 Å². The van der Waals surface area contributed by atoms with Gasteiger partial charge in [-0.3, -0.25) is 29.0 Å². The van der Waals surface area contributed by atoms with Crippen LogP contribution < -0.4 is 38.9 Å². The number of guanidine groups is 1. The number of nitrogens with one attached hydrogen (secondary N) is 4. The number of aromatic amines is 1. The highest BCUT2D eigenvalue weighted by Gasteiger charge is 2.35. The van der Waals surface area contributed by atoms with E-state index in [2.05, 4.69) is 25.9 Å². The van der Waals surface area contributed by atoms with E-state index in [0.717, 1.165) is 0 Å². The van der Waals surface area contributed by atoms with Crippen LogP contribution in [-0.4, -0.2) is 89.2 Å². The highest BCUT2D eigenvalue weighted by atomic mass is 19.1. The van der Waals surface area contributed by atoms with Crippen LogP contribution in [0.2, 0.25) is 0 Å².